The summed E-state index contributed by atoms with van der Waals surface area (Å²) in [7, 11) is 0. The Kier molecular flexibility index (Phi) is 9.53. The maximum Gasteiger partial charge on any atom is 0.247 e. The molecule has 1 aliphatic carbocycles. The van der Waals surface area contributed by atoms with Gasteiger partial charge in [-0.25, -0.2) is 0 Å². The summed E-state index contributed by atoms with van der Waals surface area (Å²) in [6.07, 6.45) is 10.9. The van der Waals surface area contributed by atoms with Crippen molar-refractivity contribution in [1.29, 1.82) is 0 Å². The van der Waals surface area contributed by atoms with Crippen molar-refractivity contribution in [1.82, 2.24) is 9.80 Å². The number of aliphatic hydroxyl groups is 1. The second-order valence-corrected chi connectivity index (χ2v) is 14.5. The molecule has 1 N–H and O–H groups in total. The number of hydrogen-bond donors (Lipinski definition) is 1. The minimum atomic E-state index is -0.704. The summed E-state index contributed by atoms with van der Waals surface area (Å²) in [5.74, 6) is -1.16. The summed E-state index contributed by atoms with van der Waals surface area (Å²) >= 11 is 1.70. The van der Waals surface area contributed by atoms with Crippen LogP contribution in [0.3, 0.4) is 0 Å². The molecule has 7 nitrogen and oxygen atoms in total. The third-order valence-corrected chi connectivity index (χ3v) is 11.8. The smallest absolute Gasteiger partial charge is 0.247 e. The topological polar surface area (TPSA) is 81.2 Å². The van der Waals surface area contributed by atoms with E-state index >= 15 is 0 Å². The number of benzene rings is 1. The fourth-order valence-electron chi connectivity index (χ4n) is 8.21. The van der Waals surface area contributed by atoms with Crippen molar-refractivity contribution in [2.24, 2.45) is 17.8 Å². The van der Waals surface area contributed by atoms with E-state index in [2.05, 4.69) is 27.0 Å². The van der Waals surface area contributed by atoms with Crippen LogP contribution >= 0.6 is 11.8 Å². The van der Waals surface area contributed by atoms with Crippen LogP contribution in [0, 0.1) is 17.8 Å². The number of rotatable bonds is 12. The summed E-state index contributed by atoms with van der Waals surface area (Å²) in [5.41, 5.74) is 0.779. The molecule has 0 radical (unpaired) electrons. The number of amides is 3. The summed E-state index contributed by atoms with van der Waals surface area (Å²) in [5, 5.41) is 10.6. The van der Waals surface area contributed by atoms with Gasteiger partial charge in [-0.1, -0.05) is 63.5 Å². The van der Waals surface area contributed by atoms with Gasteiger partial charge in [-0.05, 0) is 50.2 Å². The molecule has 1 aromatic rings. The molecular formula is C34H47N3O4S. The van der Waals surface area contributed by atoms with Gasteiger partial charge in [0.15, 0.2) is 0 Å². The highest BCUT2D eigenvalue weighted by Gasteiger charge is 2.74. The third kappa shape index (κ3) is 5.34. The highest BCUT2D eigenvalue weighted by Crippen LogP contribution is 2.67. The molecule has 1 saturated carbocycles. The molecular weight excluding hydrogens is 546 g/mol. The zero-order valence-corrected chi connectivity index (χ0v) is 26.0. The molecule has 3 amide bonds. The average molecular weight is 594 g/mol. The Labute approximate surface area is 255 Å². The number of carbonyl (C=O) groups is 3. The lowest BCUT2D eigenvalue weighted by Crippen LogP contribution is -2.59. The van der Waals surface area contributed by atoms with E-state index in [1.54, 1.807) is 33.7 Å². The molecule has 4 fully saturated rings. The van der Waals surface area contributed by atoms with Gasteiger partial charge in [-0.3, -0.25) is 14.4 Å². The Morgan fingerprint density at radius 3 is 2.38 bits per heavy atom. The number of carbonyl (C=O) groups excluding carboxylic acids is 3. The number of nitrogens with zero attached hydrogens (tertiary/aromatic N) is 3. The summed E-state index contributed by atoms with van der Waals surface area (Å²) in [6, 6.07) is 8.50. The highest BCUT2D eigenvalue weighted by molar-refractivity contribution is 8.02. The van der Waals surface area contributed by atoms with Crippen molar-refractivity contribution in [3.63, 3.8) is 0 Å². The monoisotopic (exact) mass is 593 g/mol. The fraction of sp³-hybridized carbons (Fsp3) is 0.618. The van der Waals surface area contributed by atoms with Crippen LogP contribution in [0.2, 0.25) is 0 Å². The average Bonchev–Trinajstić information content (AvgIpc) is 3.65. The number of likely N-dealkylation sites (tertiary alicyclic amines) is 1. The van der Waals surface area contributed by atoms with E-state index in [9.17, 15) is 19.5 Å². The van der Waals surface area contributed by atoms with E-state index in [4.69, 9.17) is 0 Å². The van der Waals surface area contributed by atoms with Gasteiger partial charge < -0.3 is 19.8 Å². The van der Waals surface area contributed by atoms with Crippen LogP contribution in [-0.4, -0.2) is 80.4 Å². The van der Waals surface area contributed by atoms with Gasteiger partial charge in [0, 0.05) is 30.1 Å². The van der Waals surface area contributed by atoms with Gasteiger partial charge in [0.25, 0.3) is 0 Å². The lowest BCUT2D eigenvalue weighted by molar-refractivity contribution is -0.147. The molecule has 1 spiro atoms. The van der Waals surface area contributed by atoms with Crippen molar-refractivity contribution >= 4 is 35.2 Å². The molecule has 3 saturated heterocycles. The number of para-hydroxylation sites is 1. The second-order valence-electron chi connectivity index (χ2n) is 12.9. The van der Waals surface area contributed by atoms with Crippen LogP contribution in [-0.2, 0) is 14.4 Å². The van der Waals surface area contributed by atoms with Gasteiger partial charge in [-0.2, -0.15) is 0 Å². The maximum atomic E-state index is 14.8. The van der Waals surface area contributed by atoms with Crippen molar-refractivity contribution in [3.05, 3.63) is 55.6 Å². The molecule has 4 aliphatic rings. The second kappa shape index (κ2) is 13.0. The van der Waals surface area contributed by atoms with E-state index in [0.29, 0.717) is 25.9 Å². The Bertz CT molecular complexity index is 1170. The first-order valence-corrected chi connectivity index (χ1v) is 16.7. The van der Waals surface area contributed by atoms with Crippen molar-refractivity contribution in [3.8, 4) is 0 Å². The largest absolute Gasteiger partial charge is 0.394 e. The van der Waals surface area contributed by atoms with Crippen LogP contribution in [0.5, 0.6) is 0 Å². The Morgan fingerprint density at radius 1 is 1.07 bits per heavy atom. The minimum absolute atomic E-state index is 0.0277. The van der Waals surface area contributed by atoms with E-state index in [0.717, 1.165) is 37.8 Å². The SMILES string of the molecule is C=CCN(C(=O)[C@@H]1[C@H]2C(=O)N([C@@H](CO)CC(C)C)C(C(=O)N(CC=C)C3CCCCC3)C23CC[C@H]1S3)c1ccccc1. The van der Waals surface area contributed by atoms with Gasteiger partial charge >= 0.3 is 0 Å². The molecule has 42 heavy (non-hydrogen) atoms. The molecule has 6 atom stereocenters. The van der Waals surface area contributed by atoms with Crippen LogP contribution in [0.25, 0.3) is 0 Å². The predicted octanol–water partition coefficient (Wildman–Crippen LogP) is 5.05. The molecule has 2 unspecified atom stereocenters. The molecule has 228 valence electrons. The van der Waals surface area contributed by atoms with Crippen molar-refractivity contribution in [2.45, 2.75) is 93.3 Å². The number of hydrogen-bond acceptors (Lipinski definition) is 5. The van der Waals surface area contributed by atoms with Crippen LogP contribution in [0.4, 0.5) is 5.69 Å². The molecule has 2 bridgehead atoms. The normalized spacial score (nSPS) is 29.4. The van der Waals surface area contributed by atoms with E-state index in [-0.39, 0.29) is 41.5 Å². The Balaban J connectivity index is 1.57. The first-order chi connectivity index (χ1) is 20.3. The first kappa shape index (κ1) is 30.9. The van der Waals surface area contributed by atoms with Gasteiger partial charge in [0.1, 0.15) is 6.04 Å². The molecule has 5 rings (SSSR count). The lowest BCUT2D eigenvalue weighted by Gasteiger charge is -2.43. The lowest BCUT2D eigenvalue weighted by atomic mass is 9.70. The molecule has 3 aliphatic heterocycles. The fourth-order valence-corrected chi connectivity index (χ4v) is 10.4. The predicted molar refractivity (Wildman–Crippen MR) is 169 cm³/mol. The number of thioether (sulfide) groups is 1. The van der Waals surface area contributed by atoms with Gasteiger partial charge in [-0.15, -0.1) is 24.9 Å². The minimum Gasteiger partial charge on any atom is -0.394 e. The number of anilines is 1. The van der Waals surface area contributed by atoms with Gasteiger partial charge in [0.2, 0.25) is 17.7 Å². The summed E-state index contributed by atoms with van der Waals surface area (Å²) < 4.78 is -0.686. The van der Waals surface area contributed by atoms with Gasteiger partial charge in [0.05, 0.1) is 29.2 Å². The third-order valence-electron chi connectivity index (χ3n) is 9.87. The number of fused-ring (bicyclic) bond motifs is 1. The van der Waals surface area contributed by atoms with Crippen LogP contribution in [0.15, 0.2) is 55.6 Å². The molecule has 0 aromatic heterocycles. The van der Waals surface area contributed by atoms with E-state index in [1.807, 2.05) is 35.2 Å². The Hall–Kier alpha value is -2.58. The van der Waals surface area contributed by atoms with E-state index in [1.165, 1.54) is 6.42 Å². The standard InChI is InChI=1S/C34H47N3O4S/c1-5-19-35(24-13-9-7-10-14-24)31(39)28-27-17-18-34(42-27)29(28)32(40)37(26(22-38)21-23(3)4)30(34)33(41)36(20-6-2)25-15-11-8-12-16-25/h5-7,9-10,13-14,23,25-30,38H,1-2,8,11-12,15-22H2,3-4H3/t26-,27-,28+,29+,30?,34?/m1/s1. The zero-order chi connectivity index (χ0) is 30.0. The van der Waals surface area contributed by atoms with Crippen LogP contribution < -0.4 is 4.90 Å². The van der Waals surface area contributed by atoms with Crippen LogP contribution in [0.1, 0.15) is 65.2 Å². The van der Waals surface area contributed by atoms with Crippen molar-refractivity contribution < 1.29 is 19.5 Å². The zero-order valence-electron chi connectivity index (χ0n) is 25.2. The maximum absolute atomic E-state index is 14.8. The molecule has 8 heteroatoms. The summed E-state index contributed by atoms with van der Waals surface area (Å²) in [4.78, 5) is 49.4. The molecule has 1 aromatic carbocycles. The van der Waals surface area contributed by atoms with Crippen molar-refractivity contribution in [2.75, 3.05) is 24.6 Å². The quantitative estimate of drug-likeness (QED) is 0.343. The van der Waals surface area contributed by atoms with E-state index < -0.39 is 28.7 Å². The first-order valence-electron chi connectivity index (χ1n) is 15.8. The summed E-state index contributed by atoms with van der Waals surface area (Å²) in [6.45, 7) is 12.6. The number of aliphatic hydroxyl groups excluding tert-OH is 1. The Morgan fingerprint density at radius 2 is 1.76 bits per heavy atom. The highest BCUT2D eigenvalue weighted by atomic mass is 32.2. The molecule has 3 heterocycles.